The Labute approximate surface area is 101 Å². The molecule has 0 aliphatic carbocycles. The van der Waals surface area contributed by atoms with E-state index in [1.165, 1.54) is 12.1 Å². The van der Waals surface area contributed by atoms with Gasteiger partial charge in [0.15, 0.2) is 0 Å². The number of halogens is 3. The van der Waals surface area contributed by atoms with Gasteiger partial charge in [0, 0.05) is 0 Å². The number of alkyl halides is 1. The van der Waals surface area contributed by atoms with Gasteiger partial charge in [-0.05, 0) is 56.1 Å². The molecule has 1 saturated heterocycles. The molecule has 0 atom stereocenters. The summed E-state index contributed by atoms with van der Waals surface area (Å²) in [6, 6.07) is 4.49. The number of rotatable bonds is 1. The van der Waals surface area contributed by atoms with Crippen molar-refractivity contribution in [2.45, 2.75) is 25.4 Å². The summed E-state index contributed by atoms with van der Waals surface area (Å²) < 4.78 is 27.6. The Hall–Kier alpha value is -0.670. The van der Waals surface area contributed by atoms with Gasteiger partial charge in [-0.1, -0.05) is 6.07 Å². The fraction of sp³-hybridized carbons (Fsp3) is 0.500. The van der Waals surface area contributed by atoms with Crippen molar-refractivity contribution in [2.24, 2.45) is 0 Å². The molecule has 1 heterocycles. The Balaban J connectivity index is 0.00000128. The minimum absolute atomic E-state index is 0. The van der Waals surface area contributed by atoms with E-state index in [-0.39, 0.29) is 18.2 Å². The highest BCUT2D eigenvalue weighted by Gasteiger charge is 2.33. The molecule has 16 heavy (non-hydrogen) atoms. The highest BCUT2D eigenvalue weighted by atomic mass is 35.5. The number of piperidine rings is 1. The normalized spacial score (nSPS) is 18.9. The van der Waals surface area contributed by atoms with Crippen LogP contribution in [0.5, 0.6) is 0 Å². The van der Waals surface area contributed by atoms with Crippen molar-refractivity contribution >= 4 is 12.4 Å². The van der Waals surface area contributed by atoms with Crippen molar-refractivity contribution in [3.8, 4) is 0 Å². The molecule has 0 saturated carbocycles. The predicted octanol–water partition coefficient (Wildman–Crippen LogP) is 3.10. The first-order chi connectivity index (χ1) is 7.10. The lowest BCUT2D eigenvalue weighted by molar-refractivity contribution is 0.115. The van der Waals surface area contributed by atoms with E-state index < -0.39 is 5.67 Å². The molecule has 1 aliphatic rings. The number of hydrogen-bond donors (Lipinski definition) is 1. The summed E-state index contributed by atoms with van der Waals surface area (Å²) in [7, 11) is 0. The molecule has 90 valence electrons. The van der Waals surface area contributed by atoms with Gasteiger partial charge in [-0.2, -0.15) is 0 Å². The van der Waals surface area contributed by atoms with E-state index in [1.54, 1.807) is 13.0 Å². The maximum Gasteiger partial charge on any atom is 0.138 e. The van der Waals surface area contributed by atoms with Crippen molar-refractivity contribution in [3.05, 3.63) is 35.1 Å². The Morgan fingerprint density at radius 3 is 2.38 bits per heavy atom. The number of benzene rings is 1. The lowest BCUT2D eigenvalue weighted by Gasteiger charge is -2.30. The third-order valence-corrected chi connectivity index (χ3v) is 2.96. The Bertz CT molecular complexity index is 342. The average Bonchev–Trinajstić information content (AvgIpc) is 2.17. The monoisotopic (exact) mass is 247 g/mol. The molecule has 0 aromatic heterocycles. The van der Waals surface area contributed by atoms with Crippen LogP contribution < -0.4 is 5.32 Å². The highest BCUT2D eigenvalue weighted by molar-refractivity contribution is 5.85. The topological polar surface area (TPSA) is 12.0 Å². The first-order valence-corrected chi connectivity index (χ1v) is 5.27. The molecule has 0 unspecified atom stereocenters. The van der Waals surface area contributed by atoms with Crippen LogP contribution in [0.2, 0.25) is 0 Å². The molecular weight excluding hydrogens is 232 g/mol. The van der Waals surface area contributed by atoms with Crippen LogP contribution in [-0.4, -0.2) is 13.1 Å². The van der Waals surface area contributed by atoms with Crippen molar-refractivity contribution in [2.75, 3.05) is 13.1 Å². The lowest BCUT2D eigenvalue weighted by Crippen LogP contribution is -2.36. The standard InChI is InChI=1S/C12H15F2N.ClH/c1-9-6-10(8-11(13)7-9)12(14)2-4-15-5-3-12;/h6-8,15H,2-5H2,1H3;1H. The number of nitrogens with one attached hydrogen (secondary N) is 1. The summed E-state index contributed by atoms with van der Waals surface area (Å²) in [4.78, 5) is 0. The van der Waals surface area contributed by atoms with Gasteiger partial charge in [0.2, 0.25) is 0 Å². The number of hydrogen-bond acceptors (Lipinski definition) is 1. The second-order valence-electron chi connectivity index (χ2n) is 4.23. The van der Waals surface area contributed by atoms with Gasteiger partial charge in [0.05, 0.1) is 0 Å². The van der Waals surface area contributed by atoms with Crippen LogP contribution in [0.4, 0.5) is 8.78 Å². The van der Waals surface area contributed by atoms with E-state index in [0.29, 0.717) is 31.5 Å². The van der Waals surface area contributed by atoms with Crippen LogP contribution in [0.1, 0.15) is 24.0 Å². The summed E-state index contributed by atoms with van der Waals surface area (Å²) in [6.07, 6.45) is 0.853. The van der Waals surface area contributed by atoms with Crippen molar-refractivity contribution < 1.29 is 8.78 Å². The molecular formula is C12H16ClF2N. The molecule has 2 rings (SSSR count). The summed E-state index contributed by atoms with van der Waals surface area (Å²) in [5.74, 6) is -0.347. The molecule has 1 fully saturated rings. The smallest absolute Gasteiger partial charge is 0.138 e. The lowest BCUT2D eigenvalue weighted by atomic mass is 9.86. The fourth-order valence-corrected chi connectivity index (χ4v) is 2.11. The molecule has 1 aromatic carbocycles. The minimum Gasteiger partial charge on any atom is -0.316 e. The second kappa shape index (κ2) is 5.11. The van der Waals surface area contributed by atoms with E-state index >= 15 is 0 Å². The molecule has 1 aliphatic heterocycles. The summed E-state index contributed by atoms with van der Waals surface area (Å²) in [5, 5.41) is 3.11. The van der Waals surface area contributed by atoms with Crippen LogP contribution in [0.3, 0.4) is 0 Å². The third-order valence-electron chi connectivity index (χ3n) is 2.96. The largest absolute Gasteiger partial charge is 0.316 e. The Kier molecular flexibility index (Phi) is 4.28. The zero-order valence-corrected chi connectivity index (χ0v) is 10.0. The minimum atomic E-state index is -1.35. The molecule has 1 nitrogen and oxygen atoms in total. The van der Waals surface area contributed by atoms with Crippen LogP contribution >= 0.6 is 12.4 Å². The maximum atomic E-state index is 14.5. The van der Waals surface area contributed by atoms with Crippen molar-refractivity contribution in [3.63, 3.8) is 0 Å². The molecule has 0 amide bonds. The van der Waals surface area contributed by atoms with Crippen molar-refractivity contribution in [1.29, 1.82) is 0 Å². The maximum absolute atomic E-state index is 14.5. The molecule has 4 heteroatoms. The Morgan fingerprint density at radius 2 is 1.81 bits per heavy atom. The van der Waals surface area contributed by atoms with Crippen molar-refractivity contribution in [1.82, 2.24) is 5.32 Å². The van der Waals surface area contributed by atoms with Gasteiger partial charge < -0.3 is 5.32 Å². The average molecular weight is 248 g/mol. The second-order valence-corrected chi connectivity index (χ2v) is 4.23. The third kappa shape index (κ3) is 2.71. The SMILES string of the molecule is Cc1cc(F)cc(C2(F)CCNCC2)c1.Cl. The first kappa shape index (κ1) is 13.4. The van der Waals surface area contributed by atoms with E-state index in [1.807, 2.05) is 0 Å². The van der Waals surface area contributed by atoms with Gasteiger partial charge in [-0.25, -0.2) is 8.78 Å². The van der Waals surface area contributed by atoms with E-state index in [4.69, 9.17) is 0 Å². The zero-order valence-electron chi connectivity index (χ0n) is 9.22. The van der Waals surface area contributed by atoms with E-state index in [0.717, 1.165) is 5.56 Å². The highest BCUT2D eigenvalue weighted by Crippen LogP contribution is 2.35. The first-order valence-electron chi connectivity index (χ1n) is 5.27. The fourth-order valence-electron chi connectivity index (χ4n) is 2.11. The molecule has 0 radical (unpaired) electrons. The zero-order chi connectivity index (χ0) is 10.9. The van der Waals surface area contributed by atoms with Gasteiger partial charge in [-0.3, -0.25) is 0 Å². The van der Waals surface area contributed by atoms with Crippen LogP contribution in [0.15, 0.2) is 18.2 Å². The van der Waals surface area contributed by atoms with E-state index in [2.05, 4.69) is 5.32 Å². The summed E-state index contributed by atoms with van der Waals surface area (Å²) in [6.45, 7) is 3.11. The van der Waals surface area contributed by atoms with Gasteiger partial charge in [0.1, 0.15) is 11.5 Å². The number of aryl methyl sites for hydroxylation is 1. The Morgan fingerprint density at radius 1 is 1.19 bits per heavy atom. The summed E-state index contributed by atoms with van der Waals surface area (Å²) >= 11 is 0. The molecule has 1 N–H and O–H groups in total. The van der Waals surface area contributed by atoms with Gasteiger partial charge in [0.25, 0.3) is 0 Å². The van der Waals surface area contributed by atoms with Crippen LogP contribution in [0, 0.1) is 12.7 Å². The quantitative estimate of drug-likeness (QED) is 0.804. The van der Waals surface area contributed by atoms with Gasteiger partial charge in [-0.15, -0.1) is 12.4 Å². The van der Waals surface area contributed by atoms with Gasteiger partial charge >= 0.3 is 0 Å². The summed E-state index contributed by atoms with van der Waals surface area (Å²) in [5.41, 5.74) is -0.0833. The van der Waals surface area contributed by atoms with E-state index in [9.17, 15) is 8.78 Å². The molecule has 0 bridgehead atoms. The van der Waals surface area contributed by atoms with Crippen LogP contribution in [0.25, 0.3) is 0 Å². The molecule has 1 aromatic rings. The molecule has 0 spiro atoms. The van der Waals surface area contributed by atoms with Crippen LogP contribution in [-0.2, 0) is 5.67 Å². The predicted molar refractivity (Wildman–Crippen MR) is 63.3 cm³/mol.